The number of likely N-dealkylation sites (N-methyl/N-ethyl adjacent to an activating group) is 1. The van der Waals surface area contributed by atoms with Gasteiger partial charge in [-0.05, 0) is 19.2 Å². The average molecular weight is 439 g/mol. The molecule has 0 amide bonds. The van der Waals surface area contributed by atoms with Crippen LogP contribution < -0.4 is 25.0 Å². The van der Waals surface area contributed by atoms with Crippen LogP contribution in [0.1, 0.15) is 5.56 Å². The molecule has 0 unspecified atom stereocenters. The molecule has 0 saturated heterocycles. The van der Waals surface area contributed by atoms with Crippen molar-refractivity contribution in [2.24, 2.45) is 0 Å². The zero-order valence-corrected chi connectivity index (χ0v) is 18.6. The summed E-state index contributed by atoms with van der Waals surface area (Å²) in [5.41, 5.74) is 2.47. The number of benzene rings is 1. The second-order valence-corrected chi connectivity index (χ2v) is 6.91. The lowest BCUT2D eigenvalue weighted by molar-refractivity contribution is 0.374. The van der Waals surface area contributed by atoms with E-state index in [1.54, 1.807) is 36.6 Å². The number of halogens is 1. The fourth-order valence-electron chi connectivity index (χ4n) is 3.29. The quantitative estimate of drug-likeness (QED) is 0.418. The summed E-state index contributed by atoms with van der Waals surface area (Å²) in [5, 5.41) is 14.5. The molecular weight excluding hydrogens is 411 g/mol. The van der Waals surface area contributed by atoms with E-state index in [0.717, 1.165) is 10.9 Å². The first-order chi connectivity index (χ1) is 15.6. The number of methoxy groups -OCH3 is 2. The van der Waals surface area contributed by atoms with Crippen LogP contribution in [0.4, 0.5) is 15.9 Å². The first-order valence-electron chi connectivity index (χ1n) is 10.0. The van der Waals surface area contributed by atoms with Crippen LogP contribution in [-0.4, -0.2) is 57.6 Å². The van der Waals surface area contributed by atoms with Crippen LogP contribution in [0.3, 0.4) is 0 Å². The topological polar surface area (TPSA) is 95.4 Å². The van der Waals surface area contributed by atoms with Crippen molar-refractivity contribution in [2.75, 3.05) is 46.3 Å². The summed E-state index contributed by atoms with van der Waals surface area (Å²) in [6, 6.07) is 6.91. The van der Waals surface area contributed by atoms with Gasteiger partial charge in [0, 0.05) is 67.4 Å². The minimum Gasteiger partial charge on any atom is -0.497 e. The van der Waals surface area contributed by atoms with Gasteiger partial charge >= 0.3 is 0 Å². The molecule has 0 saturated carbocycles. The zero-order valence-electron chi connectivity index (χ0n) is 18.6. The Hall–Kier alpha value is -3.72. The number of hydrogen-bond donors (Lipinski definition) is 3. The van der Waals surface area contributed by atoms with Crippen LogP contribution in [0, 0.1) is 11.2 Å². The van der Waals surface area contributed by atoms with E-state index in [1.807, 2.05) is 19.2 Å². The minimum atomic E-state index is -0.499. The maximum absolute atomic E-state index is 15.2. The Kier molecular flexibility index (Phi) is 7.56. The molecule has 3 N–H and O–H groups in total. The van der Waals surface area contributed by atoms with E-state index in [1.165, 1.54) is 26.5 Å². The van der Waals surface area contributed by atoms with E-state index in [9.17, 15) is 0 Å². The molecule has 0 aliphatic heterocycles. The van der Waals surface area contributed by atoms with Crippen molar-refractivity contribution >= 4 is 34.2 Å². The highest BCUT2D eigenvalue weighted by molar-refractivity contribution is 6.09. The molecule has 0 aliphatic carbocycles. The Morgan fingerprint density at radius 1 is 1.12 bits per heavy atom. The maximum Gasteiger partial charge on any atom is 0.188 e. The molecule has 3 rings (SSSR count). The van der Waals surface area contributed by atoms with Gasteiger partial charge in [0.1, 0.15) is 11.6 Å². The van der Waals surface area contributed by atoms with Gasteiger partial charge in [-0.25, -0.2) is 9.37 Å². The van der Waals surface area contributed by atoms with Gasteiger partial charge in [0.05, 0.1) is 31.6 Å². The van der Waals surface area contributed by atoms with E-state index in [0.29, 0.717) is 41.4 Å². The van der Waals surface area contributed by atoms with Crippen LogP contribution in [-0.2, 0) is 0 Å². The van der Waals surface area contributed by atoms with Crippen molar-refractivity contribution in [3.63, 3.8) is 0 Å². The first kappa shape index (κ1) is 23.0. The summed E-state index contributed by atoms with van der Waals surface area (Å²) in [4.78, 5) is 10.8. The Bertz CT molecular complexity index is 1130. The van der Waals surface area contributed by atoms with Gasteiger partial charge in [0.15, 0.2) is 11.6 Å². The number of aromatic nitrogens is 2. The fourth-order valence-corrected chi connectivity index (χ4v) is 3.29. The number of rotatable bonds is 10. The lowest BCUT2D eigenvalue weighted by Gasteiger charge is -2.25. The lowest BCUT2D eigenvalue weighted by Crippen LogP contribution is -2.28. The van der Waals surface area contributed by atoms with Crippen LogP contribution >= 0.6 is 0 Å². The van der Waals surface area contributed by atoms with Gasteiger partial charge in [-0.15, -0.1) is 0 Å². The van der Waals surface area contributed by atoms with Gasteiger partial charge in [-0.3, -0.25) is 4.98 Å². The molecule has 9 heteroatoms. The van der Waals surface area contributed by atoms with Gasteiger partial charge in [0.2, 0.25) is 0 Å². The second-order valence-electron chi connectivity index (χ2n) is 6.91. The Morgan fingerprint density at radius 3 is 2.59 bits per heavy atom. The van der Waals surface area contributed by atoms with E-state index < -0.39 is 5.82 Å². The average Bonchev–Trinajstić information content (AvgIpc) is 2.83. The second kappa shape index (κ2) is 10.5. The highest BCUT2D eigenvalue weighted by atomic mass is 19.1. The highest BCUT2D eigenvalue weighted by Crippen LogP contribution is 2.36. The fraction of sp³-hybridized carbons (Fsp3) is 0.261. The molecule has 0 aliphatic rings. The monoisotopic (exact) mass is 438 g/mol. The van der Waals surface area contributed by atoms with Crippen LogP contribution in [0.25, 0.3) is 16.5 Å². The third-order valence-corrected chi connectivity index (χ3v) is 4.94. The largest absolute Gasteiger partial charge is 0.497 e. The molecule has 0 radical (unpaired) electrons. The molecular formula is C23H27FN6O2. The maximum atomic E-state index is 15.2. The van der Waals surface area contributed by atoms with Gasteiger partial charge < -0.3 is 30.4 Å². The van der Waals surface area contributed by atoms with Crippen molar-refractivity contribution in [2.45, 2.75) is 0 Å². The predicted molar refractivity (Wildman–Crippen MR) is 126 cm³/mol. The summed E-state index contributed by atoms with van der Waals surface area (Å²) < 4.78 is 25.8. The Labute approximate surface area is 186 Å². The third kappa shape index (κ3) is 4.78. The molecule has 0 bridgehead atoms. The number of nitrogens with zero attached hydrogens (tertiary/aromatic N) is 3. The highest BCUT2D eigenvalue weighted by Gasteiger charge is 2.20. The van der Waals surface area contributed by atoms with Crippen molar-refractivity contribution in [3.05, 3.63) is 54.2 Å². The van der Waals surface area contributed by atoms with Crippen molar-refractivity contribution in [1.82, 2.24) is 20.6 Å². The summed E-state index contributed by atoms with van der Waals surface area (Å²) in [6.45, 7) is 1.06. The van der Waals surface area contributed by atoms with E-state index in [-0.39, 0.29) is 5.75 Å². The van der Waals surface area contributed by atoms with Crippen LogP contribution in [0.5, 0.6) is 11.5 Å². The molecule has 0 spiro atoms. The molecule has 0 atom stereocenters. The number of pyridine rings is 2. The summed E-state index contributed by atoms with van der Waals surface area (Å²) in [6.07, 6.45) is 6.35. The molecule has 32 heavy (non-hydrogen) atoms. The van der Waals surface area contributed by atoms with Gasteiger partial charge in [-0.2, -0.15) is 0 Å². The zero-order chi connectivity index (χ0) is 23.1. The van der Waals surface area contributed by atoms with Crippen LogP contribution in [0.2, 0.25) is 0 Å². The summed E-state index contributed by atoms with van der Waals surface area (Å²) in [7, 11) is 6.55. The molecule has 3 aromatic rings. The van der Waals surface area contributed by atoms with Crippen molar-refractivity contribution < 1.29 is 13.9 Å². The van der Waals surface area contributed by atoms with E-state index in [4.69, 9.17) is 14.9 Å². The number of anilines is 2. The summed E-state index contributed by atoms with van der Waals surface area (Å²) in [5.74, 6) is 0.618. The van der Waals surface area contributed by atoms with Gasteiger partial charge in [0.25, 0.3) is 0 Å². The molecule has 168 valence electrons. The lowest BCUT2D eigenvalue weighted by atomic mass is 10.1. The normalized spacial score (nSPS) is 11.3. The van der Waals surface area contributed by atoms with E-state index >= 15 is 4.39 Å². The molecule has 8 nitrogen and oxygen atoms in total. The number of allylic oxidation sites excluding steroid dienone is 1. The Morgan fingerprint density at radius 2 is 1.94 bits per heavy atom. The molecule has 2 heterocycles. The van der Waals surface area contributed by atoms with Crippen molar-refractivity contribution in [3.8, 4) is 11.5 Å². The number of hydrogen-bond acceptors (Lipinski definition) is 8. The van der Waals surface area contributed by atoms with Crippen molar-refractivity contribution in [1.29, 1.82) is 5.41 Å². The van der Waals surface area contributed by atoms with Crippen LogP contribution in [0.15, 0.2) is 42.9 Å². The minimum absolute atomic E-state index is 0.0892. The summed E-state index contributed by atoms with van der Waals surface area (Å²) >= 11 is 0. The molecule has 1 aromatic carbocycles. The Balaban J connectivity index is 2.15. The molecule has 2 aromatic heterocycles. The number of fused-ring (bicyclic) bond motifs is 1. The standard InChI is InChI=1S/C23H27FN6O2/c1-26-5-6-30(20-9-18(31-3)10-21(32-4)23(20)24)22-8-15-7-16(17(11-25)12-27-2)13-28-19(15)14-29-22/h7-14,25-27H,5-6H2,1-4H3/b17-12+,25-11?. The smallest absolute Gasteiger partial charge is 0.188 e. The number of nitrogens with one attached hydrogen (secondary N) is 3. The predicted octanol–water partition coefficient (Wildman–Crippen LogP) is 3.35. The first-order valence-corrected chi connectivity index (χ1v) is 10.0. The molecule has 0 fully saturated rings. The van der Waals surface area contributed by atoms with E-state index in [2.05, 4.69) is 20.6 Å². The number of ether oxygens (including phenoxy) is 2. The SMILES string of the molecule is CN/C=C(\C=N)c1cnc2cnc(N(CCNC)c3cc(OC)cc(OC)c3F)cc2c1. The van der Waals surface area contributed by atoms with Gasteiger partial charge in [-0.1, -0.05) is 0 Å². The third-order valence-electron chi connectivity index (χ3n) is 4.94.